The zero-order valence-corrected chi connectivity index (χ0v) is 15.0. The van der Waals surface area contributed by atoms with E-state index in [1.165, 1.54) is 0 Å². The highest BCUT2D eigenvalue weighted by Gasteiger charge is 2.47. The molecule has 2 aromatic rings. The van der Waals surface area contributed by atoms with Gasteiger partial charge in [0.25, 0.3) is 0 Å². The molecular formula is C19H19BrN2O2. The number of carbonyl (C=O) groups is 2. The van der Waals surface area contributed by atoms with E-state index in [1.807, 2.05) is 55.5 Å². The minimum Gasteiger partial charge on any atom is -0.352 e. The maximum Gasteiger partial charge on any atom is 0.228 e. The Morgan fingerprint density at radius 1 is 1.08 bits per heavy atom. The fourth-order valence-electron chi connectivity index (χ4n) is 2.64. The SMILES string of the molecule is Cc1ccc(NC(=O)C2CC2C(=O)NCc2ccccc2)c(Br)c1. The number of nitrogens with one attached hydrogen (secondary N) is 2. The summed E-state index contributed by atoms with van der Waals surface area (Å²) in [6.45, 7) is 2.48. The van der Waals surface area contributed by atoms with Crippen LogP contribution in [0.2, 0.25) is 0 Å². The normalized spacial score (nSPS) is 18.8. The van der Waals surface area contributed by atoms with Crippen molar-refractivity contribution in [3.8, 4) is 0 Å². The van der Waals surface area contributed by atoms with E-state index in [0.717, 1.165) is 21.3 Å². The molecule has 2 N–H and O–H groups in total. The van der Waals surface area contributed by atoms with Crippen LogP contribution in [0, 0.1) is 18.8 Å². The Kier molecular flexibility index (Phi) is 5.00. The number of aryl methyl sites for hydroxylation is 1. The van der Waals surface area contributed by atoms with Gasteiger partial charge in [-0.2, -0.15) is 0 Å². The number of rotatable bonds is 5. The molecule has 2 atom stereocenters. The molecule has 0 heterocycles. The molecule has 4 nitrogen and oxygen atoms in total. The van der Waals surface area contributed by atoms with Gasteiger partial charge in [0.1, 0.15) is 0 Å². The van der Waals surface area contributed by atoms with E-state index in [4.69, 9.17) is 0 Å². The maximum absolute atomic E-state index is 12.3. The Hall–Kier alpha value is -2.14. The van der Waals surface area contributed by atoms with Crippen LogP contribution in [0.5, 0.6) is 0 Å². The van der Waals surface area contributed by atoms with Crippen molar-refractivity contribution in [1.29, 1.82) is 0 Å². The zero-order chi connectivity index (χ0) is 17.1. The fourth-order valence-corrected chi connectivity index (χ4v) is 3.23. The van der Waals surface area contributed by atoms with Crippen molar-refractivity contribution < 1.29 is 9.59 Å². The second-order valence-corrected chi connectivity index (χ2v) is 6.98. The predicted octanol–water partition coefficient (Wildman–Crippen LogP) is 3.65. The van der Waals surface area contributed by atoms with E-state index in [9.17, 15) is 9.59 Å². The van der Waals surface area contributed by atoms with Crippen LogP contribution in [0.1, 0.15) is 17.5 Å². The van der Waals surface area contributed by atoms with Gasteiger partial charge in [-0.25, -0.2) is 0 Å². The van der Waals surface area contributed by atoms with Crippen molar-refractivity contribution in [1.82, 2.24) is 5.32 Å². The van der Waals surface area contributed by atoms with Crippen LogP contribution in [0.3, 0.4) is 0 Å². The summed E-state index contributed by atoms with van der Waals surface area (Å²) in [5, 5.41) is 5.79. The third-order valence-corrected chi connectivity index (χ3v) is 4.81. The number of benzene rings is 2. The van der Waals surface area contributed by atoms with Gasteiger partial charge in [0.05, 0.1) is 17.5 Å². The number of hydrogen-bond donors (Lipinski definition) is 2. The van der Waals surface area contributed by atoms with E-state index in [1.54, 1.807) is 0 Å². The summed E-state index contributed by atoms with van der Waals surface area (Å²) in [4.78, 5) is 24.4. The number of halogens is 1. The molecule has 0 bridgehead atoms. The molecule has 0 aromatic heterocycles. The molecule has 0 radical (unpaired) electrons. The minimum atomic E-state index is -0.242. The molecule has 0 saturated heterocycles. The molecule has 1 fully saturated rings. The van der Waals surface area contributed by atoms with Gasteiger partial charge in [0.2, 0.25) is 11.8 Å². The van der Waals surface area contributed by atoms with Gasteiger partial charge in [0, 0.05) is 11.0 Å². The largest absolute Gasteiger partial charge is 0.352 e. The highest BCUT2D eigenvalue weighted by Crippen LogP contribution is 2.40. The lowest BCUT2D eigenvalue weighted by atomic mass is 10.2. The summed E-state index contributed by atoms with van der Waals surface area (Å²) in [6, 6.07) is 15.5. The maximum atomic E-state index is 12.3. The highest BCUT2D eigenvalue weighted by atomic mass is 79.9. The van der Waals surface area contributed by atoms with Crippen molar-refractivity contribution in [2.24, 2.45) is 11.8 Å². The van der Waals surface area contributed by atoms with Crippen LogP contribution >= 0.6 is 15.9 Å². The molecule has 1 saturated carbocycles. The summed E-state index contributed by atoms with van der Waals surface area (Å²) in [7, 11) is 0. The molecule has 2 amide bonds. The molecular weight excluding hydrogens is 368 g/mol. The monoisotopic (exact) mass is 386 g/mol. The lowest BCUT2D eigenvalue weighted by Gasteiger charge is -2.08. The van der Waals surface area contributed by atoms with Crippen LogP contribution < -0.4 is 10.6 Å². The molecule has 2 unspecified atom stereocenters. The van der Waals surface area contributed by atoms with Crippen LogP contribution in [-0.2, 0) is 16.1 Å². The van der Waals surface area contributed by atoms with E-state index in [2.05, 4.69) is 26.6 Å². The summed E-state index contributed by atoms with van der Waals surface area (Å²) in [6.07, 6.45) is 0.607. The molecule has 1 aliphatic rings. The number of anilines is 1. The first-order valence-corrected chi connectivity index (χ1v) is 8.72. The first-order valence-electron chi connectivity index (χ1n) is 7.93. The smallest absolute Gasteiger partial charge is 0.228 e. The average molecular weight is 387 g/mol. The quantitative estimate of drug-likeness (QED) is 0.823. The van der Waals surface area contributed by atoms with Crippen LogP contribution in [-0.4, -0.2) is 11.8 Å². The summed E-state index contributed by atoms with van der Waals surface area (Å²) >= 11 is 3.45. The molecule has 0 aliphatic heterocycles. The first-order chi connectivity index (χ1) is 11.5. The lowest BCUT2D eigenvalue weighted by molar-refractivity contribution is -0.125. The molecule has 2 aromatic carbocycles. The van der Waals surface area contributed by atoms with Crippen LogP contribution in [0.25, 0.3) is 0 Å². The summed E-state index contributed by atoms with van der Waals surface area (Å²) in [5.74, 6) is -0.617. The van der Waals surface area contributed by atoms with E-state index in [0.29, 0.717) is 13.0 Å². The topological polar surface area (TPSA) is 58.2 Å². The third kappa shape index (κ3) is 4.03. The predicted molar refractivity (Wildman–Crippen MR) is 97.4 cm³/mol. The Morgan fingerprint density at radius 2 is 1.79 bits per heavy atom. The Balaban J connectivity index is 1.51. The van der Waals surface area contributed by atoms with Crippen molar-refractivity contribution in [3.05, 3.63) is 64.1 Å². The number of hydrogen-bond acceptors (Lipinski definition) is 2. The van der Waals surface area contributed by atoms with Gasteiger partial charge >= 0.3 is 0 Å². The second kappa shape index (κ2) is 7.18. The number of amides is 2. The summed E-state index contributed by atoms with van der Waals surface area (Å²) in [5.41, 5.74) is 2.90. The Bertz CT molecular complexity index is 761. The Labute approximate surface area is 149 Å². The van der Waals surface area contributed by atoms with Crippen molar-refractivity contribution in [2.75, 3.05) is 5.32 Å². The molecule has 24 heavy (non-hydrogen) atoms. The van der Waals surface area contributed by atoms with Gasteiger partial charge < -0.3 is 10.6 Å². The molecule has 124 valence electrons. The van der Waals surface area contributed by atoms with Crippen molar-refractivity contribution in [2.45, 2.75) is 19.9 Å². The van der Waals surface area contributed by atoms with Gasteiger partial charge in [-0.05, 0) is 52.5 Å². The standard InChI is InChI=1S/C19H19BrN2O2/c1-12-7-8-17(16(20)9-12)22-19(24)15-10-14(15)18(23)21-11-13-5-3-2-4-6-13/h2-9,14-15H,10-11H2,1H3,(H,21,23)(H,22,24). The number of carbonyl (C=O) groups excluding carboxylic acids is 2. The van der Waals surface area contributed by atoms with Crippen LogP contribution in [0.15, 0.2) is 53.0 Å². The van der Waals surface area contributed by atoms with E-state index >= 15 is 0 Å². The molecule has 3 rings (SSSR count). The zero-order valence-electron chi connectivity index (χ0n) is 13.4. The second-order valence-electron chi connectivity index (χ2n) is 6.12. The molecule has 1 aliphatic carbocycles. The van der Waals surface area contributed by atoms with Crippen LogP contribution in [0.4, 0.5) is 5.69 Å². The van der Waals surface area contributed by atoms with Crippen molar-refractivity contribution in [3.63, 3.8) is 0 Å². The minimum absolute atomic E-state index is 0.0537. The molecule has 5 heteroatoms. The third-order valence-electron chi connectivity index (χ3n) is 4.16. The Morgan fingerprint density at radius 3 is 2.50 bits per heavy atom. The summed E-state index contributed by atoms with van der Waals surface area (Å²) < 4.78 is 0.849. The van der Waals surface area contributed by atoms with Gasteiger partial charge in [-0.3, -0.25) is 9.59 Å². The van der Waals surface area contributed by atoms with Gasteiger partial charge in [-0.1, -0.05) is 36.4 Å². The van der Waals surface area contributed by atoms with E-state index < -0.39 is 0 Å². The first kappa shape index (κ1) is 16.7. The van der Waals surface area contributed by atoms with Gasteiger partial charge in [-0.15, -0.1) is 0 Å². The average Bonchev–Trinajstić information content (AvgIpc) is 3.37. The van der Waals surface area contributed by atoms with Gasteiger partial charge in [0.15, 0.2) is 0 Å². The van der Waals surface area contributed by atoms with E-state index in [-0.39, 0.29) is 23.7 Å². The van der Waals surface area contributed by atoms with Crippen molar-refractivity contribution >= 4 is 33.4 Å². The highest BCUT2D eigenvalue weighted by molar-refractivity contribution is 9.10. The lowest BCUT2D eigenvalue weighted by Crippen LogP contribution is -2.27. The fraction of sp³-hybridized carbons (Fsp3) is 0.263. The molecule has 0 spiro atoms.